The molecule has 16 heavy (non-hydrogen) atoms. The van der Waals surface area contributed by atoms with Gasteiger partial charge in [0.25, 0.3) is 5.91 Å². The lowest BCUT2D eigenvalue weighted by Gasteiger charge is -2.16. The van der Waals surface area contributed by atoms with E-state index < -0.39 is 27.3 Å². The number of hydrogen-bond donors (Lipinski definition) is 1. The van der Waals surface area contributed by atoms with Crippen LogP contribution in [-0.2, 0) is 19.6 Å². The zero-order chi connectivity index (χ0) is 12.5. The van der Waals surface area contributed by atoms with Crippen LogP contribution in [0.1, 0.15) is 34.1 Å². The van der Waals surface area contributed by atoms with Crippen molar-refractivity contribution in [3.8, 4) is 0 Å². The van der Waals surface area contributed by atoms with Crippen molar-refractivity contribution in [3.05, 3.63) is 0 Å². The van der Waals surface area contributed by atoms with Crippen molar-refractivity contribution >= 4 is 15.9 Å². The van der Waals surface area contributed by atoms with E-state index in [9.17, 15) is 13.2 Å². The first-order valence-corrected chi connectivity index (χ1v) is 6.99. The summed E-state index contributed by atoms with van der Waals surface area (Å²) in [5.74, 6) is -0.497. The van der Waals surface area contributed by atoms with E-state index in [2.05, 4.69) is 4.72 Å². The minimum Gasteiger partial charge on any atom is -0.365 e. The topological polar surface area (TPSA) is 72.5 Å². The number of carbonyl (C=O) groups excluding carboxylic acids is 1. The van der Waals surface area contributed by atoms with Crippen LogP contribution in [0.4, 0.5) is 0 Å². The molecule has 1 aliphatic rings. The van der Waals surface area contributed by atoms with E-state index in [1.54, 1.807) is 0 Å². The van der Waals surface area contributed by atoms with E-state index in [1.807, 2.05) is 13.8 Å². The first-order chi connectivity index (χ1) is 7.24. The SMILES string of the molecule is CC1CC(C)C(C(=O)NS(=O)(=O)C(C)C)O1. The van der Waals surface area contributed by atoms with Gasteiger partial charge in [-0.2, -0.15) is 0 Å². The Morgan fingerprint density at radius 3 is 2.31 bits per heavy atom. The fourth-order valence-electron chi connectivity index (χ4n) is 1.72. The molecule has 0 spiro atoms. The smallest absolute Gasteiger partial charge is 0.262 e. The summed E-state index contributed by atoms with van der Waals surface area (Å²) >= 11 is 0. The molecule has 0 radical (unpaired) electrons. The Bertz CT molecular complexity index is 363. The van der Waals surface area contributed by atoms with Crippen molar-refractivity contribution in [2.75, 3.05) is 0 Å². The van der Waals surface area contributed by atoms with E-state index >= 15 is 0 Å². The second-order valence-electron chi connectivity index (χ2n) is 4.64. The number of hydrogen-bond acceptors (Lipinski definition) is 4. The molecule has 1 N–H and O–H groups in total. The van der Waals surface area contributed by atoms with Gasteiger partial charge < -0.3 is 4.74 Å². The number of amides is 1. The van der Waals surface area contributed by atoms with Crippen LogP contribution in [0.3, 0.4) is 0 Å². The second kappa shape index (κ2) is 4.71. The number of carbonyl (C=O) groups is 1. The summed E-state index contributed by atoms with van der Waals surface area (Å²) < 4.78 is 30.4. The summed E-state index contributed by atoms with van der Waals surface area (Å²) in [6.45, 7) is 6.81. The largest absolute Gasteiger partial charge is 0.365 e. The Kier molecular flexibility index (Phi) is 3.96. The molecule has 1 aliphatic heterocycles. The molecule has 94 valence electrons. The fourth-order valence-corrected chi connectivity index (χ4v) is 2.36. The molecule has 3 atom stereocenters. The summed E-state index contributed by atoms with van der Waals surface area (Å²) in [5.41, 5.74) is 0. The van der Waals surface area contributed by atoms with Crippen molar-refractivity contribution in [1.29, 1.82) is 0 Å². The van der Waals surface area contributed by atoms with Crippen LogP contribution >= 0.6 is 0 Å². The lowest BCUT2D eigenvalue weighted by atomic mass is 10.0. The van der Waals surface area contributed by atoms with Gasteiger partial charge in [0.2, 0.25) is 10.0 Å². The predicted octanol–water partition coefficient (Wildman–Crippen LogP) is 0.654. The van der Waals surface area contributed by atoms with Crippen LogP contribution in [0.2, 0.25) is 0 Å². The molecular formula is C10H19NO4S. The molecule has 1 rings (SSSR count). The van der Waals surface area contributed by atoms with Gasteiger partial charge in [-0.05, 0) is 33.1 Å². The van der Waals surface area contributed by atoms with E-state index in [1.165, 1.54) is 13.8 Å². The third-order valence-electron chi connectivity index (χ3n) is 2.72. The summed E-state index contributed by atoms with van der Waals surface area (Å²) in [5, 5.41) is -0.620. The fraction of sp³-hybridized carbons (Fsp3) is 0.900. The van der Waals surface area contributed by atoms with Crippen LogP contribution < -0.4 is 4.72 Å². The highest BCUT2D eigenvalue weighted by Gasteiger charge is 2.36. The normalized spacial score (nSPS) is 30.7. The average Bonchev–Trinajstić information content (AvgIpc) is 2.44. The highest BCUT2D eigenvalue weighted by atomic mass is 32.2. The molecule has 5 nitrogen and oxygen atoms in total. The Hall–Kier alpha value is -0.620. The van der Waals surface area contributed by atoms with E-state index in [-0.39, 0.29) is 12.0 Å². The molecule has 6 heteroatoms. The number of sulfonamides is 1. The number of ether oxygens (including phenoxy) is 1. The van der Waals surface area contributed by atoms with Crippen molar-refractivity contribution in [3.63, 3.8) is 0 Å². The van der Waals surface area contributed by atoms with Gasteiger partial charge in [-0.25, -0.2) is 8.42 Å². The molecule has 0 saturated carbocycles. The summed E-state index contributed by atoms with van der Waals surface area (Å²) in [6.07, 6.45) is 0.135. The lowest BCUT2D eigenvalue weighted by molar-refractivity contribution is -0.131. The quantitative estimate of drug-likeness (QED) is 0.797. The van der Waals surface area contributed by atoms with E-state index in [0.717, 1.165) is 6.42 Å². The highest BCUT2D eigenvalue weighted by Crippen LogP contribution is 2.25. The summed E-state index contributed by atoms with van der Waals surface area (Å²) in [7, 11) is -3.56. The van der Waals surface area contributed by atoms with Crippen molar-refractivity contribution in [2.24, 2.45) is 5.92 Å². The molecule has 1 amide bonds. The van der Waals surface area contributed by atoms with Crippen molar-refractivity contribution < 1.29 is 17.9 Å². The minimum absolute atomic E-state index is 0.00695. The maximum absolute atomic E-state index is 11.7. The van der Waals surface area contributed by atoms with Crippen LogP contribution in [0.15, 0.2) is 0 Å². The molecule has 0 aromatic heterocycles. The standard InChI is InChI=1S/C10H19NO4S/c1-6(2)16(13,14)11-10(12)9-7(3)5-8(4)15-9/h6-9H,5H2,1-4H3,(H,11,12). The molecule has 1 fully saturated rings. The third kappa shape index (κ3) is 2.95. The van der Waals surface area contributed by atoms with Gasteiger partial charge in [-0.1, -0.05) is 6.92 Å². The maximum atomic E-state index is 11.7. The Morgan fingerprint density at radius 2 is 1.94 bits per heavy atom. The highest BCUT2D eigenvalue weighted by molar-refractivity contribution is 7.90. The molecule has 3 unspecified atom stereocenters. The monoisotopic (exact) mass is 249 g/mol. The maximum Gasteiger partial charge on any atom is 0.262 e. The van der Waals surface area contributed by atoms with Gasteiger partial charge in [0.15, 0.2) is 0 Å². The summed E-state index contributed by atoms with van der Waals surface area (Å²) in [4.78, 5) is 11.7. The van der Waals surface area contributed by atoms with Gasteiger partial charge in [-0.3, -0.25) is 9.52 Å². The Labute approximate surface area is 96.6 Å². The van der Waals surface area contributed by atoms with Crippen LogP contribution in [0.25, 0.3) is 0 Å². The molecule has 1 heterocycles. The lowest BCUT2D eigenvalue weighted by Crippen LogP contribution is -2.43. The Morgan fingerprint density at radius 1 is 1.38 bits per heavy atom. The van der Waals surface area contributed by atoms with E-state index in [0.29, 0.717) is 0 Å². The van der Waals surface area contributed by atoms with Crippen molar-refractivity contribution in [1.82, 2.24) is 4.72 Å². The molecular weight excluding hydrogens is 230 g/mol. The molecule has 1 saturated heterocycles. The van der Waals surface area contributed by atoms with Crippen LogP contribution in [0, 0.1) is 5.92 Å². The van der Waals surface area contributed by atoms with Crippen molar-refractivity contribution in [2.45, 2.75) is 51.6 Å². The molecule has 0 aromatic rings. The zero-order valence-electron chi connectivity index (χ0n) is 10.1. The van der Waals surface area contributed by atoms with Gasteiger partial charge in [0, 0.05) is 0 Å². The second-order valence-corrected chi connectivity index (χ2v) is 6.88. The van der Waals surface area contributed by atoms with Gasteiger partial charge >= 0.3 is 0 Å². The molecule has 0 bridgehead atoms. The zero-order valence-corrected chi connectivity index (χ0v) is 10.9. The molecule has 0 aliphatic carbocycles. The average molecular weight is 249 g/mol. The first kappa shape index (κ1) is 13.4. The van der Waals surface area contributed by atoms with Gasteiger partial charge in [0.1, 0.15) is 6.10 Å². The van der Waals surface area contributed by atoms with Crippen LogP contribution in [-0.4, -0.2) is 31.8 Å². The first-order valence-electron chi connectivity index (χ1n) is 5.45. The number of nitrogens with one attached hydrogen (secondary N) is 1. The predicted molar refractivity (Wildman–Crippen MR) is 60.3 cm³/mol. The molecule has 0 aromatic carbocycles. The third-order valence-corrected chi connectivity index (χ3v) is 4.45. The minimum atomic E-state index is -3.56. The van der Waals surface area contributed by atoms with Gasteiger partial charge in [-0.15, -0.1) is 0 Å². The number of rotatable bonds is 3. The van der Waals surface area contributed by atoms with Crippen LogP contribution in [0.5, 0.6) is 0 Å². The summed E-state index contributed by atoms with van der Waals surface area (Å²) in [6, 6.07) is 0. The van der Waals surface area contributed by atoms with E-state index in [4.69, 9.17) is 4.74 Å². The van der Waals surface area contributed by atoms with Gasteiger partial charge in [0.05, 0.1) is 11.4 Å². The Balaban J connectivity index is 2.67.